The molecule has 1 heterocycles. The van der Waals surface area contributed by atoms with Crippen LogP contribution >= 0.6 is 11.6 Å². The second-order valence-electron chi connectivity index (χ2n) is 3.54. The monoisotopic (exact) mass is 309 g/mol. The molecule has 0 aromatic carbocycles. The van der Waals surface area contributed by atoms with E-state index in [2.05, 4.69) is 14.7 Å². The number of aromatic nitrogens is 2. The highest BCUT2D eigenvalue weighted by atomic mass is 35.5. The van der Waals surface area contributed by atoms with Crippen molar-refractivity contribution in [1.29, 1.82) is 0 Å². The summed E-state index contributed by atoms with van der Waals surface area (Å²) in [5, 5.41) is 0.00509. The minimum absolute atomic E-state index is 0.00509. The predicted octanol–water partition coefficient (Wildman–Crippen LogP) is 0.461. The number of nitrogens with one attached hydrogen (secondary N) is 1. The minimum Gasteiger partial charge on any atom is -0.382 e. The molecular weight excluding hydrogens is 294 g/mol. The van der Waals surface area contributed by atoms with E-state index in [0.29, 0.717) is 26.2 Å². The van der Waals surface area contributed by atoms with Crippen LogP contribution in [-0.4, -0.2) is 51.9 Å². The largest absolute Gasteiger partial charge is 0.382 e. The van der Waals surface area contributed by atoms with Crippen molar-refractivity contribution in [2.75, 3.05) is 33.5 Å². The number of halogens is 1. The maximum atomic E-state index is 11.8. The smallest absolute Gasteiger partial charge is 0.243 e. The number of sulfonamides is 1. The molecule has 0 aliphatic rings. The first-order valence-corrected chi connectivity index (χ1v) is 7.46. The van der Waals surface area contributed by atoms with Crippen molar-refractivity contribution < 1.29 is 17.9 Å². The Hall–Kier alpha value is -0.800. The first kappa shape index (κ1) is 16.3. The molecule has 0 aliphatic heterocycles. The van der Waals surface area contributed by atoms with E-state index in [0.717, 1.165) is 12.4 Å². The predicted molar refractivity (Wildman–Crippen MR) is 69.5 cm³/mol. The third kappa shape index (κ3) is 6.26. The molecule has 9 heteroatoms. The lowest BCUT2D eigenvalue weighted by Crippen LogP contribution is -2.26. The van der Waals surface area contributed by atoms with Crippen LogP contribution in [0.5, 0.6) is 0 Å². The first-order chi connectivity index (χ1) is 9.06. The van der Waals surface area contributed by atoms with Crippen LogP contribution in [0.1, 0.15) is 6.42 Å². The zero-order valence-electron chi connectivity index (χ0n) is 10.5. The van der Waals surface area contributed by atoms with Crippen LogP contribution in [0.3, 0.4) is 0 Å². The lowest BCUT2D eigenvalue weighted by molar-refractivity contribution is 0.0699. The Labute approximate surface area is 117 Å². The molecule has 19 heavy (non-hydrogen) atoms. The molecule has 0 bridgehead atoms. The van der Waals surface area contributed by atoms with E-state index < -0.39 is 10.0 Å². The number of hydrogen-bond acceptors (Lipinski definition) is 6. The number of ether oxygens (including phenoxy) is 2. The van der Waals surface area contributed by atoms with Gasteiger partial charge in [0.2, 0.25) is 15.3 Å². The average Bonchev–Trinajstić information content (AvgIpc) is 2.38. The topological polar surface area (TPSA) is 90.4 Å². The Bertz CT molecular complexity index is 466. The molecule has 108 valence electrons. The zero-order chi connectivity index (χ0) is 14.1. The molecule has 1 rings (SSSR count). The fraction of sp³-hybridized carbons (Fsp3) is 0.600. The van der Waals surface area contributed by atoms with E-state index in [1.54, 1.807) is 7.11 Å². The Morgan fingerprint density at radius 2 is 1.95 bits per heavy atom. The van der Waals surface area contributed by atoms with Crippen LogP contribution in [0, 0.1) is 0 Å². The molecule has 0 aliphatic carbocycles. The normalized spacial score (nSPS) is 11.7. The van der Waals surface area contributed by atoms with Crippen LogP contribution in [0.15, 0.2) is 17.3 Å². The van der Waals surface area contributed by atoms with Crippen molar-refractivity contribution in [1.82, 2.24) is 14.7 Å². The molecule has 0 spiro atoms. The van der Waals surface area contributed by atoms with Crippen LogP contribution in [0.25, 0.3) is 0 Å². The van der Waals surface area contributed by atoms with Gasteiger partial charge in [-0.3, -0.25) is 0 Å². The number of nitrogens with zero attached hydrogens (tertiary/aromatic N) is 2. The van der Waals surface area contributed by atoms with Gasteiger partial charge in [0.15, 0.2) is 0 Å². The summed E-state index contributed by atoms with van der Waals surface area (Å²) < 4.78 is 36.0. The lowest BCUT2D eigenvalue weighted by Gasteiger charge is -2.06. The molecule has 1 aromatic heterocycles. The van der Waals surface area contributed by atoms with Gasteiger partial charge < -0.3 is 9.47 Å². The van der Waals surface area contributed by atoms with Gasteiger partial charge in [0, 0.05) is 20.3 Å². The summed E-state index contributed by atoms with van der Waals surface area (Å²) in [6, 6.07) is 0. The van der Waals surface area contributed by atoms with E-state index in [9.17, 15) is 8.42 Å². The van der Waals surface area contributed by atoms with Crippen molar-refractivity contribution in [3.8, 4) is 0 Å². The third-order valence-electron chi connectivity index (χ3n) is 2.10. The average molecular weight is 310 g/mol. The summed E-state index contributed by atoms with van der Waals surface area (Å²) in [6.07, 6.45) is 2.89. The molecular formula is C10H16ClN3O4S. The van der Waals surface area contributed by atoms with Gasteiger partial charge in [-0.2, -0.15) is 0 Å². The van der Waals surface area contributed by atoms with Gasteiger partial charge in [-0.1, -0.05) is 0 Å². The highest BCUT2D eigenvalue weighted by Crippen LogP contribution is 2.07. The highest BCUT2D eigenvalue weighted by Gasteiger charge is 2.14. The van der Waals surface area contributed by atoms with Crippen LogP contribution in [0.2, 0.25) is 5.28 Å². The van der Waals surface area contributed by atoms with Gasteiger partial charge in [-0.15, -0.1) is 0 Å². The molecule has 0 saturated heterocycles. The minimum atomic E-state index is -3.59. The van der Waals surface area contributed by atoms with Crippen LogP contribution in [-0.2, 0) is 19.5 Å². The van der Waals surface area contributed by atoms with E-state index in [1.165, 1.54) is 0 Å². The number of hydrogen-bond donors (Lipinski definition) is 1. The second-order valence-corrected chi connectivity index (χ2v) is 5.65. The lowest BCUT2D eigenvalue weighted by atomic mass is 10.5. The van der Waals surface area contributed by atoms with Gasteiger partial charge >= 0.3 is 0 Å². The summed E-state index contributed by atoms with van der Waals surface area (Å²) in [5.74, 6) is 0. The second kappa shape index (κ2) is 8.39. The van der Waals surface area contributed by atoms with Gasteiger partial charge in [-0.25, -0.2) is 23.1 Å². The molecule has 0 fully saturated rings. The SMILES string of the molecule is COCCOCCCNS(=O)(=O)c1cnc(Cl)nc1. The molecule has 0 saturated carbocycles. The van der Waals surface area contributed by atoms with E-state index in [1.807, 2.05) is 0 Å². The van der Waals surface area contributed by atoms with Crippen molar-refractivity contribution in [3.05, 3.63) is 17.7 Å². The van der Waals surface area contributed by atoms with E-state index >= 15 is 0 Å². The van der Waals surface area contributed by atoms with E-state index in [-0.39, 0.29) is 16.7 Å². The van der Waals surface area contributed by atoms with Gasteiger partial charge in [0.25, 0.3) is 0 Å². The Morgan fingerprint density at radius 1 is 1.26 bits per heavy atom. The molecule has 7 nitrogen and oxygen atoms in total. The summed E-state index contributed by atoms with van der Waals surface area (Å²) in [5.41, 5.74) is 0. The number of methoxy groups -OCH3 is 1. The van der Waals surface area contributed by atoms with Crippen molar-refractivity contribution in [2.45, 2.75) is 11.3 Å². The Balaban J connectivity index is 2.29. The maximum Gasteiger partial charge on any atom is 0.243 e. The molecule has 0 radical (unpaired) electrons. The quantitative estimate of drug-likeness (QED) is 0.526. The molecule has 0 amide bonds. The summed E-state index contributed by atoms with van der Waals surface area (Å²) in [6.45, 7) is 1.75. The summed E-state index contributed by atoms with van der Waals surface area (Å²) >= 11 is 5.48. The molecule has 0 atom stereocenters. The summed E-state index contributed by atoms with van der Waals surface area (Å²) in [7, 11) is -2.00. The zero-order valence-corrected chi connectivity index (χ0v) is 12.1. The Morgan fingerprint density at radius 3 is 2.58 bits per heavy atom. The van der Waals surface area contributed by atoms with Crippen molar-refractivity contribution in [3.63, 3.8) is 0 Å². The van der Waals surface area contributed by atoms with Crippen LogP contribution in [0.4, 0.5) is 0 Å². The van der Waals surface area contributed by atoms with Gasteiger partial charge in [0.1, 0.15) is 4.90 Å². The highest BCUT2D eigenvalue weighted by molar-refractivity contribution is 7.89. The molecule has 1 N–H and O–H groups in total. The third-order valence-corrected chi connectivity index (χ3v) is 3.71. The molecule has 1 aromatic rings. The summed E-state index contributed by atoms with van der Waals surface area (Å²) in [4.78, 5) is 7.22. The first-order valence-electron chi connectivity index (χ1n) is 5.60. The fourth-order valence-electron chi connectivity index (χ4n) is 1.15. The maximum absolute atomic E-state index is 11.8. The van der Waals surface area contributed by atoms with Gasteiger partial charge in [0.05, 0.1) is 25.6 Å². The van der Waals surface area contributed by atoms with E-state index in [4.69, 9.17) is 21.1 Å². The van der Waals surface area contributed by atoms with Crippen molar-refractivity contribution >= 4 is 21.6 Å². The van der Waals surface area contributed by atoms with Gasteiger partial charge in [-0.05, 0) is 18.0 Å². The standard InChI is InChI=1S/C10H16ClN3O4S/c1-17-5-6-18-4-2-3-14-19(15,16)9-7-12-10(11)13-8-9/h7-8,14H,2-6H2,1H3. The fourth-order valence-corrected chi connectivity index (χ4v) is 2.21. The Kier molecular flexibility index (Phi) is 7.17. The van der Waals surface area contributed by atoms with Crippen molar-refractivity contribution in [2.24, 2.45) is 0 Å². The van der Waals surface area contributed by atoms with Crippen LogP contribution < -0.4 is 4.72 Å². The number of rotatable bonds is 9. The molecule has 0 unspecified atom stereocenters.